The van der Waals surface area contributed by atoms with Gasteiger partial charge in [0, 0.05) is 46.1 Å². The van der Waals surface area contributed by atoms with E-state index in [0.29, 0.717) is 26.4 Å². The third-order valence-corrected chi connectivity index (χ3v) is 15.0. The van der Waals surface area contributed by atoms with Crippen molar-refractivity contribution in [2.45, 2.75) is 53.9 Å². The number of hydrogen-bond donors (Lipinski definition) is 1. The Kier molecular flexibility index (Phi) is 11.6. The average molecular weight is 419 g/mol. The molecule has 1 N–H and O–H groups in total. The molecule has 146 valence electrons. The van der Waals surface area contributed by atoms with E-state index in [9.17, 15) is 4.80 Å². The van der Waals surface area contributed by atoms with Gasteiger partial charge in [-0.2, -0.15) is 0 Å². The zero-order chi connectivity index (χ0) is 18.9. The Balaban J connectivity index is 5.23. The first kappa shape index (κ1) is 24.5. The second-order valence-electron chi connectivity index (χ2n) is 5.27. The quantitative estimate of drug-likeness (QED) is 0.427. The highest BCUT2D eigenvalue weighted by atomic mass is 28.5. The van der Waals surface area contributed by atoms with Crippen molar-refractivity contribution >= 4 is 35.7 Å². The minimum absolute atomic E-state index is 0.348. The molecule has 24 heavy (non-hydrogen) atoms. The summed E-state index contributed by atoms with van der Waals surface area (Å²) in [5.41, 5.74) is 0. The van der Waals surface area contributed by atoms with Gasteiger partial charge in [-0.3, -0.25) is 0 Å². The molecule has 0 aliphatic rings. The van der Waals surface area contributed by atoms with Crippen LogP contribution in [-0.4, -0.2) is 66.9 Å². The van der Waals surface area contributed by atoms with Crippen LogP contribution in [0.5, 0.6) is 0 Å². The van der Waals surface area contributed by atoms with Crippen molar-refractivity contribution in [1.29, 1.82) is 0 Å². The lowest BCUT2D eigenvalue weighted by molar-refractivity contribution is 0.0745. The molecule has 0 saturated heterocycles. The summed E-state index contributed by atoms with van der Waals surface area (Å²) in [7, 11) is -11.5. The Morgan fingerprint density at radius 3 is 1.71 bits per heavy atom. The lowest BCUT2D eigenvalue weighted by Crippen LogP contribution is -2.61. The van der Waals surface area contributed by atoms with E-state index in [1.165, 1.54) is 0 Å². The zero-order valence-electron chi connectivity index (χ0n) is 16.2. The highest BCUT2D eigenvalue weighted by Gasteiger charge is 2.52. The maximum Gasteiger partial charge on any atom is 0.487 e. The Morgan fingerprint density at radius 1 is 0.750 bits per heavy atom. The van der Waals surface area contributed by atoms with Crippen molar-refractivity contribution < 1.29 is 34.8 Å². The summed E-state index contributed by atoms with van der Waals surface area (Å²) in [4.78, 5) is 10.4. The molecule has 0 amide bonds. The highest BCUT2D eigenvalue weighted by Crippen LogP contribution is 2.23. The molecule has 8 nitrogen and oxygen atoms in total. The van der Waals surface area contributed by atoms with E-state index in [1.807, 2.05) is 27.3 Å². The van der Waals surface area contributed by atoms with Gasteiger partial charge in [-0.05, 0) is 34.2 Å². The molecule has 0 bridgehead atoms. The first-order chi connectivity index (χ1) is 11.1. The Labute approximate surface area is 151 Å². The molecule has 12 heteroatoms. The average Bonchev–Trinajstić information content (AvgIpc) is 2.36. The van der Waals surface area contributed by atoms with Gasteiger partial charge in [-0.25, -0.2) is 0 Å². The highest BCUT2D eigenvalue weighted by molar-refractivity contribution is 6.81. The van der Waals surface area contributed by atoms with Crippen LogP contribution in [0.25, 0.3) is 0 Å². The van der Waals surface area contributed by atoms with Crippen molar-refractivity contribution in [3.8, 4) is 0 Å². The van der Waals surface area contributed by atoms with Crippen LogP contribution in [0, 0.1) is 0 Å². The maximum absolute atomic E-state index is 10.4. The first-order valence-corrected chi connectivity index (χ1v) is 17.2. The number of rotatable bonds is 14. The molecular formula is C12H34O8Si4. The van der Waals surface area contributed by atoms with Crippen LogP contribution in [0.3, 0.4) is 0 Å². The zero-order valence-corrected chi connectivity index (χ0v) is 20.4. The fraction of sp³-hybridized carbons (Fsp3) is 1.00. The van der Waals surface area contributed by atoms with Gasteiger partial charge in [0.1, 0.15) is 0 Å². The van der Waals surface area contributed by atoms with Crippen molar-refractivity contribution in [1.82, 2.24) is 0 Å². The van der Waals surface area contributed by atoms with E-state index in [2.05, 4.69) is 0 Å². The third kappa shape index (κ3) is 9.88. The standard InChI is InChI=1S/C12H34O8Si4/c1-9-14-21(5)18-23(7,16-11-3)20-24(8,17-12-4)19-22(6,13)15-10-2/h13,21H,9-12H2,1-8H3. The van der Waals surface area contributed by atoms with Crippen molar-refractivity contribution in [2.75, 3.05) is 26.4 Å². The molecular weight excluding hydrogens is 384 g/mol. The summed E-state index contributed by atoms with van der Waals surface area (Å²) in [5.74, 6) is 0. The third-order valence-electron chi connectivity index (χ3n) is 2.75. The van der Waals surface area contributed by atoms with E-state index >= 15 is 0 Å². The fourth-order valence-electron chi connectivity index (χ4n) is 2.24. The molecule has 0 aromatic heterocycles. The molecule has 0 aliphatic heterocycles. The van der Waals surface area contributed by atoms with E-state index in [4.69, 9.17) is 30.0 Å². The largest absolute Gasteiger partial charge is 0.487 e. The molecule has 4 unspecified atom stereocenters. The van der Waals surface area contributed by atoms with Crippen LogP contribution in [0.1, 0.15) is 27.7 Å². The van der Waals surface area contributed by atoms with Crippen LogP contribution < -0.4 is 0 Å². The van der Waals surface area contributed by atoms with Gasteiger partial charge >= 0.3 is 35.7 Å². The summed E-state index contributed by atoms with van der Waals surface area (Å²) in [6.45, 7) is 16.1. The lowest BCUT2D eigenvalue weighted by atomic mass is 10.9. The molecule has 0 radical (unpaired) electrons. The van der Waals surface area contributed by atoms with Crippen LogP contribution in [0.2, 0.25) is 26.2 Å². The summed E-state index contributed by atoms with van der Waals surface area (Å²) >= 11 is 0. The minimum Gasteiger partial charge on any atom is -0.397 e. The summed E-state index contributed by atoms with van der Waals surface area (Å²) < 4.78 is 40.4. The normalized spacial score (nSPS) is 20.9. The van der Waals surface area contributed by atoms with Crippen LogP contribution in [-0.2, 0) is 30.0 Å². The van der Waals surface area contributed by atoms with Crippen molar-refractivity contribution in [2.24, 2.45) is 0 Å². The molecule has 0 saturated carbocycles. The lowest BCUT2D eigenvalue weighted by Gasteiger charge is -2.38. The molecule has 0 rings (SSSR count). The van der Waals surface area contributed by atoms with Crippen molar-refractivity contribution in [3.05, 3.63) is 0 Å². The summed E-state index contributed by atoms with van der Waals surface area (Å²) in [6, 6.07) is 0. The predicted molar refractivity (Wildman–Crippen MR) is 99.8 cm³/mol. The van der Waals surface area contributed by atoms with E-state index < -0.39 is 35.7 Å². The van der Waals surface area contributed by atoms with E-state index in [1.54, 1.807) is 26.6 Å². The van der Waals surface area contributed by atoms with E-state index in [-0.39, 0.29) is 0 Å². The van der Waals surface area contributed by atoms with E-state index in [0.717, 1.165) is 0 Å². The van der Waals surface area contributed by atoms with Gasteiger partial charge in [0.2, 0.25) is 0 Å². The molecule has 0 aromatic carbocycles. The van der Waals surface area contributed by atoms with Crippen LogP contribution in [0.4, 0.5) is 0 Å². The fourth-order valence-corrected chi connectivity index (χ4v) is 14.8. The first-order valence-electron chi connectivity index (χ1n) is 8.39. The molecule has 0 heterocycles. The topological polar surface area (TPSA) is 84.8 Å². The molecule has 0 fully saturated rings. The molecule has 4 atom stereocenters. The van der Waals surface area contributed by atoms with Gasteiger partial charge in [-0.1, -0.05) is 0 Å². The Hall–Kier alpha value is 0.548. The smallest absolute Gasteiger partial charge is 0.397 e. The SMILES string of the molecule is CCO[SiH](C)O[Si](C)(OCC)O[Si](C)(OCC)O[Si](C)(O)OCC. The second kappa shape index (κ2) is 11.3. The number of hydrogen-bond acceptors (Lipinski definition) is 8. The monoisotopic (exact) mass is 418 g/mol. The Bertz CT molecular complexity index is 351. The van der Waals surface area contributed by atoms with Gasteiger partial charge in [0.05, 0.1) is 0 Å². The minimum atomic E-state index is -3.35. The van der Waals surface area contributed by atoms with Gasteiger partial charge in [0.15, 0.2) is 0 Å². The summed E-state index contributed by atoms with van der Waals surface area (Å²) in [6.07, 6.45) is 0. The maximum atomic E-state index is 10.4. The van der Waals surface area contributed by atoms with Gasteiger partial charge < -0.3 is 34.8 Å². The van der Waals surface area contributed by atoms with Crippen molar-refractivity contribution in [3.63, 3.8) is 0 Å². The second-order valence-corrected chi connectivity index (χ2v) is 15.4. The Morgan fingerprint density at radius 2 is 1.25 bits per heavy atom. The van der Waals surface area contributed by atoms with Gasteiger partial charge in [-0.15, -0.1) is 0 Å². The van der Waals surface area contributed by atoms with Crippen LogP contribution >= 0.6 is 0 Å². The molecule has 0 aromatic rings. The molecule has 0 aliphatic carbocycles. The van der Waals surface area contributed by atoms with Gasteiger partial charge in [0.25, 0.3) is 0 Å². The predicted octanol–water partition coefficient (Wildman–Crippen LogP) is 1.73. The molecule has 0 spiro atoms. The van der Waals surface area contributed by atoms with Crippen LogP contribution in [0.15, 0.2) is 0 Å². The summed E-state index contributed by atoms with van der Waals surface area (Å²) in [5, 5.41) is 0.